The minimum absolute atomic E-state index is 0.148. The normalized spacial score (nSPS) is 19.1. The Labute approximate surface area is 113 Å². The van der Waals surface area contributed by atoms with E-state index >= 15 is 0 Å². The van der Waals surface area contributed by atoms with Crippen molar-refractivity contribution < 1.29 is 14.1 Å². The van der Waals surface area contributed by atoms with Crippen molar-refractivity contribution in [3.8, 4) is 0 Å². The number of carbonyl (C=O) groups excluding carboxylic acids is 1. The van der Waals surface area contributed by atoms with E-state index in [9.17, 15) is 4.79 Å². The number of anilines is 1. The van der Waals surface area contributed by atoms with Gasteiger partial charge in [0.2, 0.25) is 0 Å². The molecule has 1 aromatic rings. The van der Waals surface area contributed by atoms with Crippen LogP contribution < -0.4 is 5.32 Å². The lowest BCUT2D eigenvalue weighted by atomic mass is 10.1. The van der Waals surface area contributed by atoms with Crippen molar-refractivity contribution in [2.24, 2.45) is 0 Å². The highest BCUT2D eigenvalue weighted by Gasteiger charge is 2.21. The standard InChI is InChI=1S/C13H21N3O3/c1-2-7-16(10-11-5-3-4-8-18-11)13(17)14-12-6-9-19-15-12/h6,9,11H,2-5,7-8,10H2,1H3,(H,14,15,17). The molecule has 106 valence electrons. The Morgan fingerprint density at radius 3 is 3.11 bits per heavy atom. The zero-order valence-electron chi connectivity index (χ0n) is 11.3. The van der Waals surface area contributed by atoms with E-state index in [0.717, 1.165) is 25.9 Å². The first-order chi connectivity index (χ1) is 9.29. The number of hydrogen-bond acceptors (Lipinski definition) is 4. The summed E-state index contributed by atoms with van der Waals surface area (Å²) >= 11 is 0. The molecule has 2 heterocycles. The molecule has 0 radical (unpaired) electrons. The van der Waals surface area contributed by atoms with Crippen molar-refractivity contribution in [1.82, 2.24) is 10.1 Å². The van der Waals surface area contributed by atoms with E-state index < -0.39 is 0 Å². The lowest BCUT2D eigenvalue weighted by Crippen LogP contribution is -2.42. The maximum Gasteiger partial charge on any atom is 0.323 e. The van der Waals surface area contributed by atoms with Gasteiger partial charge >= 0.3 is 6.03 Å². The van der Waals surface area contributed by atoms with Gasteiger partial charge in [0.1, 0.15) is 6.26 Å². The number of carbonyl (C=O) groups is 1. The lowest BCUT2D eigenvalue weighted by molar-refractivity contribution is 0.00161. The highest BCUT2D eigenvalue weighted by Crippen LogP contribution is 2.15. The van der Waals surface area contributed by atoms with Crippen LogP contribution in [0.1, 0.15) is 32.6 Å². The smallest absolute Gasteiger partial charge is 0.323 e. The van der Waals surface area contributed by atoms with Crippen molar-refractivity contribution in [3.63, 3.8) is 0 Å². The second-order valence-electron chi connectivity index (χ2n) is 4.75. The van der Waals surface area contributed by atoms with Crippen LogP contribution in [0.15, 0.2) is 16.9 Å². The Balaban J connectivity index is 1.88. The number of nitrogens with zero attached hydrogens (tertiary/aromatic N) is 2. The Hall–Kier alpha value is -1.56. The first kappa shape index (κ1) is 13.9. The molecule has 2 amide bonds. The molecule has 1 aromatic heterocycles. The summed E-state index contributed by atoms with van der Waals surface area (Å²) in [6.07, 6.45) is 5.83. The predicted molar refractivity (Wildman–Crippen MR) is 71.0 cm³/mol. The molecule has 1 atom stereocenters. The van der Waals surface area contributed by atoms with Crippen LogP contribution in [0.4, 0.5) is 10.6 Å². The SMILES string of the molecule is CCCN(CC1CCCCO1)C(=O)Nc1ccon1. The largest absolute Gasteiger partial charge is 0.376 e. The van der Waals surface area contributed by atoms with Gasteiger partial charge in [0.25, 0.3) is 0 Å². The summed E-state index contributed by atoms with van der Waals surface area (Å²) in [5.74, 6) is 0.440. The van der Waals surface area contributed by atoms with Gasteiger partial charge in [-0.15, -0.1) is 0 Å². The van der Waals surface area contributed by atoms with E-state index in [2.05, 4.69) is 17.4 Å². The fourth-order valence-electron chi connectivity index (χ4n) is 2.21. The van der Waals surface area contributed by atoms with E-state index in [-0.39, 0.29) is 12.1 Å². The van der Waals surface area contributed by atoms with Crippen LogP contribution in [0.3, 0.4) is 0 Å². The van der Waals surface area contributed by atoms with Crippen LogP contribution in [0.2, 0.25) is 0 Å². The molecule has 1 aliphatic heterocycles. The van der Waals surface area contributed by atoms with Gasteiger partial charge in [0.15, 0.2) is 5.82 Å². The summed E-state index contributed by atoms with van der Waals surface area (Å²) in [5, 5.41) is 6.40. The molecule has 0 saturated carbocycles. The number of nitrogens with one attached hydrogen (secondary N) is 1. The average molecular weight is 267 g/mol. The number of aromatic nitrogens is 1. The van der Waals surface area contributed by atoms with Crippen LogP contribution in [-0.2, 0) is 4.74 Å². The minimum atomic E-state index is -0.148. The highest BCUT2D eigenvalue weighted by atomic mass is 16.5. The van der Waals surface area contributed by atoms with Crippen molar-refractivity contribution in [2.75, 3.05) is 25.0 Å². The lowest BCUT2D eigenvalue weighted by Gasteiger charge is -2.29. The second-order valence-corrected chi connectivity index (χ2v) is 4.75. The average Bonchev–Trinajstić information content (AvgIpc) is 2.92. The quantitative estimate of drug-likeness (QED) is 0.890. The summed E-state index contributed by atoms with van der Waals surface area (Å²) in [4.78, 5) is 13.9. The molecule has 1 unspecified atom stereocenters. The predicted octanol–water partition coefficient (Wildman–Crippen LogP) is 2.49. The second kappa shape index (κ2) is 7.13. The minimum Gasteiger partial charge on any atom is -0.376 e. The van der Waals surface area contributed by atoms with Crippen LogP contribution in [0.25, 0.3) is 0 Å². The van der Waals surface area contributed by atoms with Crippen LogP contribution >= 0.6 is 0 Å². The van der Waals surface area contributed by atoms with Crippen molar-refractivity contribution in [3.05, 3.63) is 12.3 Å². The van der Waals surface area contributed by atoms with E-state index in [4.69, 9.17) is 9.26 Å². The summed E-state index contributed by atoms with van der Waals surface area (Å²) in [6, 6.07) is 1.48. The molecule has 6 nitrogen and oxygen atoms in total. The number of amides is 2. The zero-order chi connectivity index (χ0) is 13.5. The van der Waals surface area contributed by atoms with Crippen molar-refractivity contribution >= 4 is 11.8 Å². The zero-order valence-corrected chi connectivity index (χ0v) is 11.3. The maximum atomic E-state index is 12.2. The number of ether oxygens (including phenoxy) is 1. The Bertz CT molecular complexity index is 374. The number of hydrogen-bond donors (Lipinski definition) is 1. The van der Waals surface area contributed by atoms with E-state index in [1.807, 2.05) is 0 Å². The molecule has 0 bridgehead atoms. The van der Waals surface area contributed by atoms with Gasteiger partial charge < -0.3 is 14.2 Å². The van der Waals surface area contributed by atoms with Crippen molar-refractivity contribution in [2.45, 2.75) is 38.7 Å². The van der Waals surface area contributed by atoms with Gasteiger partial charge in [-0.05, 0) is 25.7 Å². The van der Waals surface area contributed by atoms with E-state index in [1.54, 1.807) is 11.0 Å². The van der Waals surface area contributed by atoms with Crippen LogP contribution in [-0.4, -0.2) is 41.9 Å². The molecular weight excluding hydrogens is 246 g/mol. The van der Waals surface area contributed by atoms with Gasteiger partial charge in [0, 0.05) is 25.8 Å². The van der Waals surface area contributed by atoms with E-state index in [0.29, 0.717) is 18.9 Å². The summed E-state index contributed by atoms with van der Waals surface area (Å²) < 4.78 is 10.4. The Kier molecular flexibility index (Phi) is 5.20. The van der Waals surface area contributed by atoms with Crippen molar-refractivity contribution in [1.29, 1.82) is 0 Å². The van der Waals surface area contributed by atoms with Gasteiger partial charge in [0.05, 0.1) is 6.10 Å². The molecule has 0 aliphatic carbocycles. The third kappa shape index (κ3) is 4.24. The van der Waals surface area contributed by atoms with Gasteiger partial charge in [-0.2, -0.15) is 0 Å². The molecular formula is C13H21N3O3. The molecule has 1 saturated heterocycles. The summed E-state index contributed by atoms with van der Waals surface area (Å²) in [7, 11) is 0. The first-order valence-corrected chi connectivity index (χ1v) is 6.87. The monoisotopic (exact) mass is 267 g/mol. The molecule has 6 heteroatoms. The third-order valence-electron chi connectivity index (χ3n) is 3.15. The van der Waals surface area contributed by atoms with E-state index in [1.165, 1.54) is 12.7 Å². The first-order valence-electron chi connectivity index (χ1n) is 6.87. The molecule has 1 N–H and O–H groups in total. The molecule has 0 spiro atoms. The van der Waals surface area contributed by atoms with Gasteiger partial charge in [-0.25, -0.2) is 4.79 Å². The van der Waals surface area contributed by atoms with Crippen LogP contribution in [0.5, 0.6) is 0 Å². The Morgan fingerprint density at radius 2 is 2.47 bits per heavy atom. The highest BCUT2D eigenvalue weighted by molar-refractivity contribution is 5.88. The summed E-state index contributed by atoms with van der Waals surface area (Å²) in [6.45, 7) is 4.20. The fraction of sp³-hybridized carbons (Fsp3) is 0.692. The fourth-order valence-corrected chi connectivity index (χ4v) is 2.21. The molecule has 0 aromatic carbocycles. The topological polar surface area (TPSA) is 67.6 Å². The van der Waals surface area contributed by atoms with Gasteiger partial charge in [-0.3, -0.25) is 5.32 Å². The molecule has 19 heavy (non-hydrogen) atoms. The third-order valence-corrected chi connectivity index (χ3v) is 3.15. The Morgan fingerprint density at radius 1 is 1.58 bits per heavy atom. The maximum absolute atomic E-state index is 12.2. The molecule has 1 fully saturated rings. The van der Waals surface area contributed by atoms with Gasteiger partial charge in [-0.1, -0.05) is 12.1 Å². The number of urea groups is 1. The molecule has 2 rings (SSSR count). The molecule has 1 aliphatic rings. The number of rotatable bonds is 5. The summed E-state index contributed by atoms with van der Waals surface area (Å²) in [5.41, 5.74) is 0. The van der Waals surface area contributed by atoms with Crippen LogP contribution in [0, 0.1) is 0 Å².